The second-order valence-corrected chi connectivity index (χ2v) is 3.89. The van der Waals surface area contributed by atoms with Gasteiger partial charge in [-0.3, -0.25) is 4.79 Å². The molecule has 0 aromatic carbocycles. The zero-order valence-corrected chi connectivity index (χ0v) is 10.2. The van der Waals surface area contributed by atoms with Crippen molar-refractivity contribution in [2.24, 2.45) is 0 Å². The second-order valence-electron chi connectivity index (χ2n) is 3.89. The molecule has 1 aromatic heterocycles. The van der Waals surface area contributed by atoms with Crippen molar-refractivity contribution in [3.05, 3.63) is 34.4 Å². The Bertz CT molecular complexity index is 481. The van der Waals surface area contributed by atoms with Crippen LogP contribution in [0.5, 0.6) is 0 Å². The van der Waals surface area contributed by atoms with E-state index in [4.69, 9.17) is 0 Å². The molecule has 6 heteroatoms. The minimum absolute atomic E-state index is 0.113. The van der Waals surface area contributed by atoms with Crippen molar-refractivity contribution in [2.45, 2.75) is 32.2 Å². The molecule has 0 saturated heterocycles. The first-order valence-corrected chi connectivity index (χ1v) is 5.60. The fraction of sp³-hybridized carbons (Fsp3) is 0.417. The van der Waals surface area contributed by atoms with Crippen LogP contribution in [-0.4, -0.2) is 22.5 Å². The summed E-state index contributed by atoms with van der Waals surface area (Å²) in [5.41, 5.74) is -1.75. The highest BCUT2D eigenvalue weighted by Crippen LogP contribution is 2.16. The number of carboxylic acid groups (broad SMARTS) is 1. The number of hydrogen-bond acceptors (Lipinski definition) is 4. The standard InChI is InChI=1S/C12H15NO5/c1-3-12(4-2,11(16)17)13-10(15)8-5-6-9(14)18-7-8/h5-7H,3-4H2,1-2H3,(H,13,15)(H,16,17). The first kappa shape index (κ1) is 14.0. The van der Waals surface area contributed by atoms with Gasteiger partial charge in [0, 0.05) is 6.07 Å². The molecule has 0 atom stereocenters. The summed E-state index contributed by atoms with van der Waals surface area (Å²) in [6.45, 7) is 3.37. The average Bonchev–Trinajstić information content (AvgIpc) is 2.36. The Morgan fingerprint density at radius 2 is 1.94 bits per heavy atom. The number of rotatable bonds is 5. The van der Waals surface area contributed by atoms with Crippen molar-refractivity contribution in [3.63, 3.8) is 0 Å². The maximum absolute atomic E-state index is 11.9. The van der Waals surface area contributed by atoms with Crippen molar-refractivity contribution >= 4 is 11.9 Å². The maximum Gasteiger partial charge on any atom is 0.335 e. The van der Waals surface area contributed by atoms with Crippen molar-refractivity contribution in [2.75, 3.05) is 0 Å². The van der Waals surface area contributed by atoms with E-state index < -0.39 is 23.0 Å². The summed E-state index contributed by atoms with van der Waals surface area (Å²) in [7, 11) is 0. The Morgan fingerprint density at radius 1 is 1.33 bits per heavy atom. The summed E-state index contributed by atoms with van der Waals surface area (Å²) in [6.07, 6.45) is 1.54. The minimum Gasteiger partial charge on any atom is -0.480 e. The van der Waals surface area contributed by atoms with Crippen LogP contribution >= 0.6 is 0 Å². The van der Waals surface area contributed by atoms with Crippen LogP contribution in [0, 0.1) is 0 Å². The summed E-state index contributed by atoms with van der Waals surface area (Å²) in [5.74, 6) is -1.66. The van der Waals surface area contributed by atoms with Crippen molar-refractivity contribution in [1.29, 1.82) is 0 Å². The molecule has 0 saturated carbocycles. The van der Waals surface area contributed by atoms with Crippen LogP contribution in [0.1, 0.15) is 37.0 Å². The van der Waals surface area contributed by atoms with E-state index >= 15 is 0 Å². The first-order valence-electron chi connectivity index (χ1n) is 5.60. The summed E-state index contributed by atoms with van der Waals surface area (Å²) in [5, 5.41) is 11.6. The molecule has 6 nitrogen and oxygen atoms in total. The van der Waals surface area contributed by atoms with E-state index in [0.717, 1.165) is 12.3 Å². The summed E-state index contributed by atoms with van der Waals surface area (Å²) >= 11 is 0. The van der Waals surface area contributed by atoms with Crippen molar-refractivity contribution < 1.29 is 19.1 Å². The van der Waals surface area contributed by atoms with Crippen molar-refractivity contribution in [3.8, 4) is 0 Å². The summed E-state index contributed by atoms with van der Waals surface area (Å²) in [6, 6.07) is 2.40. The van der Waals surface area contributed by atoms with Crippen molar-refractivity contribution in [1.82, 2.24) is 5.32 Å². The molecule has 0 aliphatic heterocycles. The number of carbonyl (C=O) groups is 2. The van der Waals surface area contributed by atoms with Gasteiger partial charge in [-0.25, -0.2) is 9.59 Å². The van der Waals surface area contributed by atoms with Gasteiger partial charge in [0.2, 0.25) is 0 Å². The number of amides is 1. The number of carbonyl (C=O) groups excluding carboxylic acids is 1. The van der Waals surface area contributed by atoms with Gasteiger partial charge in [0.15, 0.2) is 0 Å². The van der Waals surface area contributed by atoms with Crippen LogP contribution in [0.4, 0.5) is 0 Å². The Hall–Kier alpha value is -2.11. The molecule has 0 fully saturated rings. The monoisotopic (exact) mass is 253 g/mol. The van der Waals surface area contributed by atoms with Gasteiger partial charge in [0.25, 0.3) is 5.91 Å². The first-order chi connectivity index (χ1) is 8.45. The molecule has 98 valence electrons. The van der Waals surface area contributed by atoms with Gasteiger partial charge >= 0.3 is 11.6 Å². The average molecular weight is 253 g/mol. The van der Waals surface area contributed by atoms with Crippen LogP contribution in [-0.2, 0) is 4.79 Å². The molecule has 1 heterocycles. The third kappa shape index (κ3) is 2.77. The van der Waals surface area contributed by atoms with E-state index in [9.17, 15) is 19.5 Å². The zero-order valence-electron chi connectivity index (χ0n) is 10.2. The van der Waals surface area contributed by atoms with Crippen LogP contribution in [0.2, 0.25) is 0 Å². The highest BCUT2D eigenvalue weighted by atomic mass is 16.4. The van der Waals surface area contributed by atoms with Gasteiger partial charge < -0.3 is 14.8 Å². The molecule has 2 N–H and O–H groups in total. The van der Waals surface area contributed by atoms with Crippen LogP contribution in [0.25, 0.3) is 0 Å². The molecular formula is C12H15NO5. The van der Waals surface area contributed by atoms with E-state index in [0.29, 0.717) is 0 Å². The van der Waals surface area contributed by atoms with Gasteiger partial charge in [-0.15, -0.1) is 0 Å². The summed E-state index contributed by atoms with van der Waals surface area (Å²) < 4.78 is 4.56. The molecule has 0 aliphatic carbocycles. The van der Waals surface area contributed by atoms with E-state index in [1.54, 1.807) is 13.8 Å². The van der Waals surface area contributed by atoms with E-state index in [1.165, 1.54) is 6.07 Å². The fourth-order valence-electron chi connectivity index (χ4n) is 1.56. The number of carboxylic acids is 1. The molecule has 18 heavy (non-hydrogen) atoms. The Morgan fingerprint density at radius 3 is 2.33 bits per heavy atom. The van der Waals surface area contributed by atoms with Gasteiger partial charge in [-0.2, -0.15) is 0 Å². The normalized spacial score (nSPS) is 11.0. The Kier molecular flexibility index (Phi) is 4.25. The lowest BCUT2D eigenvalue weighted by Crippen LogP contribution is -2.53. The smallest absolute Gasteiger partial charge is 0.335 e. The number of nitrogens with one attached hydrogen (secondary N) is 1. The van der Waals surface area contributed by atoms with Crippen LogP contribution in [0.3, 0.4) is 0 Å². The van der Waals surface area contributed by atoms with Gasteiger partial charge in [-0.05, 0) is 18.9 Å². The van der Waals surface area contributed by atoms with Crippen LogP contribution < -0.4 is 10.9 Å². The quantitative estimate of drug-likeness (QED) is 0.816. The van der Waals surface area contributed by atoms with E-state index in [1.807, 2.05) is 0 Å². The highest BCUT2D eigenvalue weighted by Gasteiger charge is 2.36. The molecule has 0 aliphatic rings. The minimum atomic E-state index is -1.30. The maximum atomic E-state index is 11.9. The lowest BCUT2D eigenvalue weighted by atomic mass is 9.92. The predicted molar refractivity (Wildman–Crippen MR) is 63.4 cm³/mol. The molecule has 0 unspecified atom stereocenters. The molecule has 0 radical (unpaired) electrons. The Balaban J connectivity index is 2.95. The number of aliphatic carboxylic acids is 1. The molecule has 0 spiro atoms. The molecule has 1 amide bonds. The molecule has 1 aromatic rings. The lowest BCUT2D eigenvalue weighted by Gasteiger charge is -2.27. The predicted octanol–water partition coefficient (Wildman–Crippen LogP) is 1.01. The molecular weight excluding hydrogens is 238 g/mol. The Labute approximate surface area is 104 Å². The number of hydrogen-bond donors (Lipinski definition) is 2. The van der Waals surface area contributed by atoms with Crippen LogP contribution in [0.15, 0.2) is 27.6 Å². The summed E-state index contributed by atoms with van der Waals surface area (Å²) in [4.78, 5) is 33.8. The fourth-order valence-corrected chi connectivity index (χ4v) is 1.56. The van der Waals surface area contributed by atoms with Gasteiger partial charge in [0.1, 0.15) is 11.8 Å². The van der Waals surface area contributed by atoms with Gasteiger partial charge in [0.05, 0.1) is 5.56 Å². The largest absolute Gasteiger partial charge is 0.480 e. The zero-order chi connectivity index (χ0) is 13.8. The lowest BCUT2D eigenvalue weighted by molar-refractivity contribution is -0.144. The SMILES string of the molecule is CCC(CC)(NC(=O)c1ccc(=O)oc1)C(=O)O. The third-order valence-electron chi connectivity index (χ3n) is 2.93. The highest BCUT2D eigenvalue weighted by molar-refractivity contribution is 5.97. The van der Waals surface area contributed by atoms with E-state index in [2.05, 4.69) is 9.73 Å². The molecule has 0 bridgehead atoms. The van der Waals surface area contributed by atoms with E-state index in [-0.39, 0.29) is 18.4 Å². The van der Waals surface area contributed by atoms with Gasteiger partial charge in [-0.1, -0.05) is 13.8 Å². The topological polar surface area (TPSA) is 96.6 Å². The third-order valence-corrected chi connectivity index (χ3v) is 2.93. The second kappa shape index (κ2) is 5.48. The molecule has 1 rings (SSSR count).